The Balaban J connectivity index is 1.84. The summed E-state index contributed by atoms with van der Waals surface area (Å²) in [5, 5.41) is 11.0. The van der Waals surface area contributed by atoms with Crippen molar-refractivity contribution in [2.75, 3.05) is 19.8 Å². The zero-order valence-electron chi connectivity index (χ0n) is 17.2. The molecule has 0 spiro atoms. The van der Waals surface area contributed by atoms with Gasteiger partial charge in [0.15, 0.2) is 11.5 Å². The lowest BCUT2D eigenvalue weighted by molar-refractivity contribution is -0.139. The highest BCUT2D eigenvalue weighted by atomic mass is 16.6. The van der Waals surface area contributed by atoms with Crippen LogP contribution in [0.2, 0.25) is 0 Å². The van der Waals surface area contributed by atoms with Gasteiger partial charge in [0, 0.05) is 12.1 Å². The number of fused-ring (bicyclic) bond motifs is 1. The molecule has 0 radical (unpaired) electrons. The number of unbranched alkanes of at least 4 members (excludes halogenated alkanes) is 1. The Bertz CT molecular complexity index is 1010. The second kappa shape index (κ2) is 8.22. The first-order chi connectivity index (χ1) is 14.5. The minimum Gasteiger partial charge on any atom is -0.507 e. The molecule has 2 aromatic carbocycles. The first-order valence-electron chi connectivity index (χ1n) is 10.3. The summed E-state index contributed by atoms with van der Waals surface area (Å²) >= 11 is 0. The zero-order valence-corrected chi connectivity index (χ0v) is 17.2. The summed E-state index contributed by atoms with van der Waals surface area (Å²) in [6.07, 6.45) is 1.65. The lowest BCUT2D eigenvalue weighted by Crippen LogP contribution is -2.30. The molecule has 1 saturated heterocycles. The van der Waals surface area contributed by atoms with Crippen molar-refractivity contribution in [2.45, 2.75) is 32.7 Å². The molecule has 2 aromatic rings. The number of amides is 1. The summed E-state index contributed by atoms with van der Waals surface area (Å²) in [4.78, 5) is 27.4. The second-order valence-electron chi connectivity index (χ2n) is 7.62. The summed E-state index contributed by atoms with van der Waals surface area (Å²) in [6, 6.07) is 12.0. The van der Waals surface area contributed by atoms with Crippen molar-refractivity contribution in [2.24, 2.45) is 0 Å². The fourth-order valence-corrected chi connectivity index (χ4v) is 3.88. The Hall–Kier alpha value is -3.28. The molecule has 0 aliphatic carbocycles. The van der Waals surface area contributed by atoms with Crippen LogP contribution in [-0.2, 0) is 9.59 Å². The van der Waals surface area contributed by atoms with Gasteiger partial charge >= 0.3 is 0 Å². The van der Waals surface area contributed by atoms with Crippen LogP contribution in [0, 0.1) is 6.92 Å². The molecule has 1 amide bonds. The monoisotopic (exact) mass is 407 g/mol. The molecule has 1 N–H and O–H groups in total. The van der Waals surface area contributed by atoms with Crippen LogP contribution in [0.5, 0.6) is 11.5 Å². The van der Waals surface area contributed by atoms with Crippen LogP contribution in [0.15, 0.2) is 48.0 Å². The molecule has 2 aliphatic rings. The third-order valence-electron chi connectivity index (χ3n) is 5.50. The minimum absolute atomic E-state index is 0.108. The highest BCUT2D eigenvalue weighted by Gasteiger charge is 2.46. The Morgan fingerprint density at radius 1 is 1.07 bits per heavy atom. The number of aliphatic hydroxyl groups excluding tert-OH is 1. The number of carbonyl (C=O) groups excluding carboxylic acids is 2. The molecule has 156 valence electrons. The van der Waals surface area contributed by atoms with Crippen LogP contribution >= 0.6 is 0 Å². The van der Waals surface area contributed by atoms with E-state index in [1.807, 2.05) is 32.0 Å². The molecule has 30 heavy (non-hydrogen) atoms. The van der Waals surface area contributed by atoms with Crippen molar-refractivity contribution in [3.63, 3.8) is 0 Å². The highest BCUT2D eigenvalue weighted by molar-refractivity contribution is 6.46. The number of likely N-dealkylation sites (tertiary alicyclic amines) is 1. The molecule has 0 saturated carbocycles. The third kappa shape index (κ3) is 3.54. The van der Waals surface area contributed by atoms with Gasteiger partial charge in [0.25, 0.3) is 11.7 Å². The van der Waals surface area contributed by atoms with E-state index in [1.165, 1.54) is 0 Å². The lowest BCUT2D eigenvalue weighted by Gasteiger charge is -2.27. The number of ether oxygens (including phenoxy) is 2. The fraction of sp³-hybridized carbons (Fsp3) is 0.333. The van der Waals surface area contributed by atoms with Gasteiger partial charge in [-0.05, 0) is 31.0 Å². The third-order valence-corrected chi connectivity index (χ3v) is 5.50. The van der Waals surface area contributed by atoms with Crippen molar-refractivity contribution < 1.29 is 24.2 Å². The van der Waals surface area contributed by atoms with E-state index in [1.54, 1.807) is 29.2 Å². The number of carbonyl (C=O) groups is 2. The molecule has 1 unspecified atom stereocenters. The first-order valence-corrected chi connectivity index (χ1v) is 10.3. The molecule has 0 bridgehead atoms. The van der Waals surface area contributed by atoms with Gasteiger partial charge in [-0.2, -0.15) is 0 Å². The molecule has 2 heterocycles. The van der Waals surface area contributed by atoms with Crippen molar-refractivity contribution in [3.05, 3.63) is 64.7 Å². The molecule has 6 heteroatoms. The first kappa shape index (κ1) is 20.0. The zero-order chi connectivity index (χ0) is 21.3. The fourth-order valence-electron chi connectivity index (χ4n) is 3.88. The SMILES string of the molecule is CCCCN1C(=O)C(=O)/C(=C(\O)c2ccc(C)cc2)C1c1ccc2c(c1)OCCO2. The van der Waals surface area contributed by atoms with Crippen LogP contribution in [0.3, 0.4) is 0 Å². The van der Waals surface area contributed by atoms with Crippen LogP contribution in [-0.4, -0.2) is 41.5 Å². The van der Waals surface area contributed by atoms with E-state index in [2.05, 4.69) is 0 Å². The smallest absolute Gasteiger partial charge is 0.295 e. The number of Topliss-reactive ketones (excluding diaryl/α,β-unsaturated/α-hetero) is 1. The molecular formula is C24H25NO5. The van der Waals surface area contributed by atoms with Crippen molar-refractivity contribution in [1.29, 1.82) is 0 Å². The van der Waals surface area contributed by atoms with Crippen molar-refractivity contribution in [3.8, 4) is 11.5 Å². The average Bonchev–Trinajstić information content (AvgIpc) is 3.02. The Morgan fingerprint density at radius 2 is 1.77 bits per heavy atom. The summed E-state index contributed by atoms with van der Waals surface area (Å²) in [5.74, 6) is -0.197. The van der Waals surface area contributed by atoms with Gasteiger partial charge in [-0.3, -0.25) is 9.59 Å². The van der Waals surface area contributed by atoms with E-state index in [0.29, 0.717) is 42.4 Å². The number of aliphatic hydroxyl groups is 1. The number of aryl methyl sites for hydroxylation is 1. The Labute approximate surface area is 175 Å². The summed E-state index contributed by atoms with van der Waals surface area (Å²) < 4.78 is 11.3. The Morgan fingerprint density at radius 3 is 2.47 bits per heavy atom. The standard InChI is InChI=1S/C24H25NO5/c1-3-4-11-25-21(17-9-10-18-19(14-17)30-13-12-29-18)20(23(27)24(25)28)22(26)16-7-5-15(2)6-8-16/h5-10,14,21,26H,3-4,11-13H2,1-2H3/b22-20-. The van der Waals surface area contributed by atoms with E-state index in [9.17, 15) is 14.7 Å². The van der Waals surface area contributed by atoms with Crippen LogP contribution < -0.4 is 9.47 Å². The van der Waals surface area contributed by atoms with Crippen LogP contribution in [0.1, 0.15) is 42.5 Å². The van der Waals surface area contributed by atoms with Crippen molar-refractivity contribution in [1.82, 2.24) is 4.90 Å². The van der Waals surface area contributed by atoms with E-state index >= 15 is 0 Å². The molecule has 2 aliphatic heterocycles. The van der Waals surface area contributed by atoms with Gasteiger partial charge in [-0.25, -0.2) is 0 Å². The number of nitrogens with zero attached hydrogens (tertiary/aromatic N) is 1. The predicted octanol–water partition coefficient (Wildman–Crippen LogP) is 3.99. The second-order valence-corrected chi connectivity index (χ2v) is 7.62. The quantitative estimate of drug-likeness (QED) is 0.461. The number of rotatable bonds is 5. The van der Waals surface area contributed by atoms with Gasteiger partial charge < -0.3 is 19.5 Å². The van der Waals surface area contributed by atoms with Gasteiger partial charge in [-0.15, -0.1) is 0 Å². The van der Waals surface area contributed by atoms with Gasteiger partial charge in [0.05, 0.1) is 11.6 Å². The number of benzene rings is 2. The highest BCUT2D eigenvalue weighted by Crippen LogP contribution is 2.42. The summed E-state index contributed by atoms with van der Waals surface area (Å²) in [6.45, 7) is 5.33. The largest absolute Gasteiger partial charge is 0.507 e. The molecular weight excluding hydrogens is 382 g/mol. The molecule has 4 rings (SSSR count). The Kier molecular flexibility index (Phi) is 5.48. The van der Waals surface area contributed by atoms with Gasteiger partial charge in [0.1, 0.15) is 19.0 Å². The maximum Gasteiger partial charge on any atom is 0.295 e. The topological polar surface area (TPSA) is 76.1 Å². The van der Waals surface area contributed by atoms with E-state index in [-0.39, 0.29) is 11.3 Å². The molecule has 1 fully saturated rings. The number of hydrogen-bond donors (Lipinski definition) is 1. The molecule has 6 nitrogen and oxygen atoms in total. The predicted molar refractivity (Wildman–Crippen MR) is 113 cm³/mol. The van der Waals surface area contributed by atoms with E-state index in [4.69, 9.17) is 9.47 Å². The maximum atomic E-state index is 13.0. The van der Waals surface area contributed by atoms with Crippen LogP contribution in [0.4, 0.5) is 0 Å². The minimum atomic E-state index is -0.673. The van der Waals surface area contributed by atoms with Gasteiger partial charge in [-0.1, -0.05) is 49.2 Å². The number of ketones is 1. The van der Waals surface area contributed by atoms with E-state index < -0.39 is 17.7 Å². The van der Waals surface area contributed by atoms with Gasteiger partial charge in [0.2, 0.25) is 0 Å². The van der Waals surface area contributed by atoms with Crippen LogP contribution in [0.25, 0.3) is 5.76 Å². The lowest BCUT2D eigenvalue weighted by atomic mass is 9.94. The normalized spacial score (nSPS) is 19.9. The average molecular weight is 407 g/mol. The number of hydrogen-bond acceptors (Lipinski definition) is 5. The summed E-state index contributed by atoms with van der Waals surface area (Å²) in [5.41, 5.74) is 2.37. The summed E-state index contributed by atoms with van der Waals surface area (Å²) in [7, 11) is 0. The molecule has 0 aromatic heterocycles. The maximum absolute atomic E-state index is 13.0. The van der Waals surface area contributed by atoms with Crippen molar-refractivity contribution >= 4 is 17.4 Å². The molecule has 1 atom stereocenters. The van der Waals surface area contributed by atoms with E-state index in [0.717, 1.165) is 18.4 Å².